The van der Waals surface area contributed by atoms with Gasteiger partial charge in [-0.15, -0.1) is 0 Å². The molecule has 1 unspecified atom stereocenters. The van der Waals surface area contributed by atoms with Crippen LogP contribution < -0.4 is 0 Å². The van der Waals surface area contributed by atoms with Crippen LogP contribution in [0.5, 0.6) is 0 Å². The van der Waals surface area contributed by atoms with E-state index in [1.54, 1.807) is 0 Å². The van der Waals surface area contributed by atoms with Crippen molar-refractivity contribution in [3.8, 4) is 0 Å². The average Bonchev–Trinajstić information content (AvgIpc) is 2.17. The van der Waals surface area contributed by atoms with Crippen molar-refractivity contribution in [2.75, 3.05) is 6.61 Å². The lowest BCUT2D eigenvalue weighted by atomic mass is 10.0. The van der Waals surface area contributed by atoms with Gasteiger partial charge in [-0.2, -0.15) is 0 Å². The molecular formula is C8H16O. The van der Waals surface area contributed by atoms with Crippen LogP contribution in [0.15, 0.2) is 0 Å². The first kappa shape index (κ1) is 7.07. The molecule has 1 heteroatoms. The summed E-state index contributed by atoms with van der Waals surface area (Å²) in [5.74, 6) is 1.76. The number of hydrogen-bond donors (Lipinski definition) is 1. The quantitative estimate of drug-likeness (QED) is 0.601. The standard InChI is InChI=1S/C8H16O/c1-7-2-3-8(6-7)4-5-9/h7-9H,2-6H2,1H3/t7?,8-/m1/s1. The molecular weight excluding hydrogens is 112 g/mol. The van der Waals surface area contributed by atoms with Crippen molar-refractivity contribution in [1.29, 1.82) is 0 Å². The summed E-state index contributed by atoms with van der Waals surface area (Å²) in [5.41, 5.74) is 0. The van der Waals surface area contributed by atoms with Crippen molar-refractivity contribution in [2.45, 2.75) is 32.6 Å². The summed E-state index contributed by atoms with van der Waals surface area (Å²) in [5, 5.41) is 8.61. The fourth-order valence-corrected chi connectivity index (χ4v) is 1.77. The Morgan fingerprint density at radius 2 is 2.22 bits per heavy atom. The number of aliphatic hydroxyl groups excluding tert-OH is 1. The molecule has 1 aliphatic carbocycles. The molecule has 0 saturated heterocycles. The molecule has 2 atom stereocenters. The minimum atomic E-state index is 0.386. The third-order valence-corrected chi connectivity index (χ3v) is 2.34. The Hall–Kier alpha value is -0.0400. The van der Waals surface area contributed by atoms with Gasteiger partial charge < -0.3 is 5.11 Å². The molecule has 1 nitrogen and oxygen atoms in total. The lowest BCUT2D eigenvalue weighted by molar-refractivity contribution is 0.256. The van der Waals surface area contributed by atoms with Crippen molar-refractivity contribution in [1.82, 2.24) is 0 Å². The Morgan fingerprint density at radius 3 is 2.67 bits per heavy atom. The van der Waals surface area contributed by atoms with Gasteiger partial charge >= 0.3 is 0 Å². The zero-order chi connectivity index (χ0) is 6.69. The Bertz CT molecular complexity index is 78.6. The maximum atomic E-state index is 8.61. The van der Waals surface area contributed by atoms with Crippen molar-refractivity contribution in [3.05, 3.63) is 0 Å². The normalized spacial score (nSPS) is 35.3. The van der Waals surface area contributed by atoms with Crippen molar-refractivity contribution < 1.29 is 5.11 Å². The molecule has 0 heterocycles. The smallest absolute Gasteiger partial charge is 0.0433 e. The van der Waals surface area contributed by atoms with Crippen LogP contribution in [0.3, 0.4) is 0 Å². The molecule has 0 bridgehead atoms. The van der Waals surface area contributed by atoms with Crippen molar-refractivity contribution >= 4 is 0 Å². The van der Waals surface area contributed by atoms with E-state index in [1.165, 1.54) is 19.3 Å². The van der Waals surface area contributed by atoms with Crippen LogP contribution >= 0.6 is 0 Å². The molecule has 0 amide bonds. The lowest BCUT2D eigenvalue weighted by Crippen LogP contribution is -1.97. The third kappa shape index (κ3) is 1.98. The molecule has 0 aromatic carbocycles. The highest BCUT2D eigenvalue weighted by atomic mass is 16.3. The Labute approximate surface area is 57.1 Å². The number of hydrogen-bond acceptors (Lipinski definition) is 1. The van der Waals surface area contributed by atoms with E-state index < -0.39 is 0 Å². The molecule has 0 aliphatic heterocycles. The Kier molecular flexibility index (Phi) is 2.52. The van der Waals surface area contributed by atoms with Gasteiger partial charge in [-0.05, 0) is 24.7 Å². The van der Waals surface area contributed by atoms with Gasteiger partial charge in [0.2, 0.25) is 0 Å². The summed E-state index contributed by atoms with van der Waals surface area (Å²) in [6.45, 7) is 2.69. The van der Waals surface area contributed by atoms with Gasteiger partial charge in [0.15, 0.2) is 0 Å². The van der Waals surface area contributed by atoms with Crippen LogP contribution in [0.1, 0.15) is 32.6 Å². The highest BCUT2D eigenvalue weighted by Crippen LogP contribution is 2.31. The molecule has 1 N–H and O–H groups in total. The van der Waals surface area contributed by atoms with Crippen LogP contribution in [0.4, 0.5) is 0 Å². The minimum absolute atomic E-state index is 0.386. The van der Waals surface area contributed by atoms with Crippen LogP contribution in [-0.2, 0) is 0 Å². The molecule has 0 radical (unpaired) electrons. The fourth-order valence-electron chi connectivity index (χ4n) is 1.77. The summed E-state index contributed by atoms with van der Waals surface area (Å²) >= 11 is 0. The monoisotopic (exact) mass is 128 g/mol. The molecule has 1 rings (SSSR count). The summed E-state index contributed by atoms with van der Waals surface area (Å²) in [6.07, 6.45) is 5.11. The van der Waals surface area contributed by atoms with Crippen molar-refractivity contribution in [3.63, 3.8) is 0 Å². The second-order valence-electron chi connectivity index (χ2n) is 3.30. The maximum Gasteiger partial charge on any atom is 0.0433 e. The zero-order valence-corrected chi connectivity index (χ0v) is 6.14. The average molecular weight is 128 g/mol. The highest BCUT2D eigenvalue weighted by molar-refractivity contribution is 4.71. The van der Waals surface area contributed by atoms with E-state index in [0.29, 0.717) is 6.61 Å². The van der Waals surface area contributed by atoms with Crippen LogP contribution in [-0.4, -0.2) is 11.7 Å². The molecule has 0 spiro atoms. The van der Waals surface area contributed by atoms with E-state index in [0.717, 1.165) is 18.3 Å². The predicted octanol–water partition coefficient (Wildman–Crippen LogP) is 1.80. The minimum Gasteiger partial charge on any atom is -0.396 e. The predicted molar refractivity (Wildman–Crippen MR) is 38.2 cm³/mol. The maximum absolute atomic E-state index is 8.61. The summed E-state index contributed by atoms with van der Waals surface area (Å²) in [4.78, 5) is 0. The van der Waals surface area contributed by atoms with Gasteiger partial charge in [0.05, 0.1) is 0 Å². The van der Waals surface area contributed by atoms with E-state index in [4.69, 9.17) is 5.11 Å². The van der Waals surface area contributed by atoms with Crippen molar-refractivity contribution in [2.24, 2.45) is 11.8 Å². The Morgan fingerprint density at radius 1 is 1.44 bits per heavy atom. The van der Waals surface area contributed by atoms with E-state index in [1.807, 2.05) is 0 Å². The molecule has 1 aliphatic rings. The Balaban J connectivity index is 2.14. The first-order valence-electron chi connectivity index (χ1n) is 3.93. The molecule has 54 valence electrons. The second-order valence-corrected chi connectivity index (χ2v) is 3.30. The van der Waals surface area contributed by atoms with Crippen LogP contribution in [0.2, 0.25) is 0 Å². The summed E-state index contributed by atoms with van der Waals surface area (Å²) in [6, 6.07) is 0. The van der Waals surface area contributed by atoms with Crippen LogP contribution in [0, 0.1) is 11.8 Å². The number of aliphatic hydroxyl groups is 1. The SMILES string of the molecule is CC1CC[C@H](CCO)C1. The van der Waals surface area contributed by atoms with Gasteiger partial charge in [0.25, 0.3) is 0 Å². The topological polar surface area (TPSA) is 20.2 Å². The van der Waals surface area contributed by atoms with E-state index in [-0.39, 0.29) is 0 Å². The molecule has 1 saturated carbocycles. The summed E-state index contributed by atoms with van der Waals surface area (Å²) < 4.78 is 0. The first-order chi connectivity index (χ1) is 4.33. The largest absolute Gasteiger partial charge is 0.396 e. The van der Waals surface area contributed by atoms with Gasteiger partial charge in [-0.25, -0.2) is 0 Å². The van der Waals surface area contributed by atoms with E-state index in [2.05, 4.69) is 6.92 Å². The number of rotatable bonds is 2. The molecule has 1 fully saturated rings. The van der Waals surface area contributed by atoms with Gasteiger partial charge in [0, 0.05) is 6.61 Å². The highest BCUT2D eigenvalue weighted by Gasteiger charge is 2.19. The van der Waals surface area contributed by atoms with Gasteiger partial charge in [0.1, 0.15) is 0 Å². The molecule has 9 heavy (non-hydrogen) atoms. The lowest BCUT2D eigenvalue weighted by Gasteiger charge is -2.04. The van der Waals surface area contributed by atoms with Gasteiger partial charge in [-0.3, -0.25) is 0 Å². The first-order valence-corrected chi connectivity index (χ1v) is 3.93. The summed E-state index contributed by atoms with van der Waals surface area (Å²) in [7, 11) is 0. The van der Waals surface area contributed by atoms with E-state index >= 15 is 0 Å². The fraction of sp³-hybridized carbons (Fsp3) is 1.00. The van der Waals surface area contributed by atoms with Gasteiger partial charge in [-0.1, -0.05) is 19.8 Å². The van der Waals surface area contributed by atoms with E-state index in [9.17, 15) is 0 Å². The zero-order valence-electron chi connectivity index (χ0n) is 6.14. The molecule has 0 aromatic rings. The second kappa shape index (κ2) is 3.21. The third-order valence-electron chi connectivity index (χ3n) is 2.34. The van der Waals surface area contributed by atoms with Crippen LogP contribution in [0.25, 0.3) is 0 Å². The molecule has 0 aromatic heterocycles.